The normalized spacial score (nSPS) is 27.7. The molecule has 14 heteroatoms. The summed E-state index contributed by atoms with van der Waals surface area (Å²) in [6, 6.07) is -0.934. The number of ether oxygens (including phenoxy) is 4. The highest BCUT2D eigenvalue weighted by atomic mass is 16.7. The first-order valence-electron chi connectivity index (χ1n) is 24.7. The fraction of sp³-hybridized carbons (Fsp3) is 0.745. The van der Waals surface area contributed by atoms with Crippen LogP contribution in [0.5, 0.6) is 0 Å². The molecule has 0 aliphatic carbocycles. The van der Waals surface area contributed by atoms with Gasteiger partial charge in [0.25, 0.3) is 0 Å². The highest BCUT2D eigenvalue weighted by molar-refractivity contribution is 5.76. The van der Waals surface area contributed by atoms with Gasteiger partial charge in [-0.05, 0) is 64.2 Å². The number of amides is 1. The van der Waals surface area contributed by atoms with Gasteiger partial charge < -0.3 is 65.1 Å². The molecule has 2 aliphatic rings. The van der Waals surface area contributed by atoms with Gasteiger partial charge in [-0.25, -0.2) is 0 Å². The van der Waals surface area contributed by atoms with Crippen LogP contribution in [0.15, 0.2) is 72.9 Å². The largest absolute Gasteiger partial charge is 0.394 e. The summed E-state index contributed by atoms with van der Waals surface area (Å²) in [5.74, 6) is -0.262. The van der Waals surface area contributed by atoms with Crippen molar-refractivity contribution in [2.45, 2.75) is 222 Å². The van der Waals surface area contributed by atoms with Crippen LogP contribution in [0.25, 0.3) is 0 Å². The average molecular weight is 922 g/mol. The Kier molecular flexibility index (Phi) is 33.7. The van der Waals surface area contributed by atoms with Crippen LogP contribution in [-0.2, 0) is 23.7 Å². The Morgan fingerprint density at radius 2 is 1.08 bits per heavy atom. The molecule has 0 aromatic carbocycles. The van der Waals surface area contributed by atoms with Crippen LogP contribution in [0, 0.1) is 0 Å². The molecule has 65 heavy (non-hydrogen) atoms. The van der Waals surface area contributed by atoms with Crippen molar-refractivity contribution in [1.29, 1.82) is 0 Å². The van der Waals surface area contributed by atoms with Crippen molar-refractivity contribution >= 4 is 5.91 Å². The van der Waals surface area contributed by atoms with Crippen molar-refractivity contribution in [3.05, 3.63) is 72.9 Å². The first kappa shape index (κ1) is 58.6. The van der Waals surface area contributed by atoms with Crippen LogP contribution < -0.4 is 5.32 Å². The average Bonchev–Trinajstić information content (AvgIpc) is 3.30. The van der Waals surface area contributed by atoms with E-state index < -0.39 is 86.8 Å². The van der Waals surface area contributed by atoms with Crippen LogP contribution >= 0.6 is 0 Å². The number of aliphatic hydroxyl groups excluding tert-OH is 8. The van der Waals surface area contributed by atoms with Crippen molar-refractivity contribution in [2.24, 2.45) is 0 Å². The third-order valence-corrected chi connectivity index (χ3v) is 11.6. The Labute approximate surface area is 389 Å². The molecule has 0 spiro atoms. The number of rotatable bonds is 36. The Morgan fingerprint density at radius 3 is 1.69 bits per heavy atom. The summed E-state index contributed by atoms with van der Waals surface area (Å²) < 4.78 is 22.6. The smallest absolute Gasteiger partial charge is 0.220 e. The third kappa shape index (κ3) is 24.9. The van der Waals surface area contributed by atoms with Crippen LogP contribution in [0.3, 0.4) is 0 Å². The molecule has 9 N–H and O–H groups in total. The minimum atomic E-state index is -1.79. The van der Waals surface area contributed by atoms with E-state index in [1.165, 1.54) is 38.5 Å². The van der Waals surface area contributed by atoms with Gasteiger partial charge in [0.05, 0.1) is 32.0 Å². The van der Waals surface area contributed by atoms with Crippen molar-refractivity contribution in [2.75, 3.05) is 19.8 Å². The molecule has 2 fully saturated rings. The molecule has 0 bridgehead atoms. The number of carbonyl (C=O) groups is 1. The number of unbranched alkanes of at least 4 members (excludes halogenated alkanes) is 13. The lowest BCUT2D eigenvalue weighted by Gasteiger charge is -2.46. The molecule has 0 saturated carbocycles. The zero-order valence-corrected chi connectivity index (χ0v) is 39.4. The quantitative estimate of drug-likeness (QED) is 0.0258. The van der Waals surface area contributed by atoms with E-state index >= 15 is 0 Å². The fourth-order valence-corrected chi connectivity index (χ4v) is 7.58. The molecule has 2 heterocycles. The first-order chi connectivity index (χ1) is 31.6. The summed E-state index contributed by atoms with van der Waals surface area (Å²) in [6.07, 6.45) is 29.7. The van der Waals surface area contributed by atoms with Crippen LogP contribution in [0.1, 0.15) is 149 Å². The number of hydrogen-bond acceptors (Lipinski definition) is 13. The molecule has 0 aromatic heterocycles. The lowest BCUT2D eigenvalue weighted by Crippen LogP contribution is -2.65. The Bertz CT molecular complexity index is 1370. The van der Waals surface area contributed by atoms with Gasteiger partial charge in [0.15, 0.2) is 12.6 Å². The standard InChI is InChI=1S/C51H87NO13/c1-3-5-7-9-11-13-14-15-16-17-18-19-20-21-22-23-24-25-26-27-29-31-33-35-43(56)52-39(40(55)34-32-30-28-12-10-8-6-4-2)38-62-50-48(61)46(59)49(42(37-54)64-50)65-51-47(60)45(58)44(57)41(36-53)63-51/h5,7,10-13,15-16,18-19,32,34,39-42,44-51,53-55,57-61H,3-4,6,8-9,14,17,20-31,33,35-38H2,1-2H3,(H,52,56)/b7-5-,12-10+,13-11-,16-15-,19-18-,34-32+. The van der Waals surface area contributed by atoms with Crippen molar-refractivity contribution in [1.82, 2.24) is 5.32 Å². The summed E-state index contributed by atoms with van der Waals surface area (Å²) in [7, 11) is 0. The summed E-state index contributed by atoms with van der Waals surface area (Å²) in [5.41, 5.74) is 0. The Hall–Kier alpha value is -2.57. The van der Waals surface area contributed by atoms with Crippen molar-refractivity contribution in [3.8, 4) is 0 Å². The molecular weight excluding hydrogens is 835 g/mol. The van der Waals surface area contributed by atoms with Gasteiger partial charge >= 0.3 is 0 Å². The second-order valence-corrected chi connectivity index (χ2v) is 17.2. The molecule has 12 unspecified atom stereocenters. The fourth-order valence-electron chi connectivity index (χ4n) is 7.58. The highest BCUT2D eigenvalue weighted by Gasteiger charge is 2.51. The van der Waals surface area contributed by atoms with Gasteiger partial charge in [-0.2, -0.15) is 0 Å². The lowest BCUT2D eigenvalue weighted by molar-refractivity contribution is -0.359. The van der Waals surface area contributed by atoms with Crippen LogP contribution in [-0.4, -0.2) is 140 Å². The van der Waals surface area contributed by atoms with E-state index in [2.05, 4.69) is 79.9 Å². The first-order valence-corrected chi connectivity index (χ1v) is 24.7. The van der Waals surface area contributed by atoms with Gasteiger partial charge in [0.2, 0.25) is 5.91 Å². The highest BCUT2D eigenvalue weighted by Crippen LogP contribution is 2.30. The van der Waals surface area contributed by atoms with E-state index in [0.29, 0.717) is 12.8 Å². The zero-order valence-electron chi connectivity index (χ0n) is 39.4. The summed E-state index contributed by atoms with van der Waals surface area (Å²) >= 11 is 0. The van der Waals surface area contributed by atoms with E-state index in [1.807, 2.05) is 6.08 Å². The molecule has 2 aliphatic heterocycles. The van der Waals surface area contributed by atoms with Crippen molar-refractivity contribution in [3.63, 3.8) is 0 Å². The lowest BCUT2D eigenvalue weighted by atomic mass is 9.97. The number of allylic oxidation sites excluding steroid dienone is 11. The monoisotopic (exact) mass is 922 g/mol. The molecule has 2 saturated heterocycles. The van der Waals surface area contributed by atoms with E-state index in [4.69, 9.17) is 18.9 Å². The Balaban J connectivity index is 1.76. The molecule has 2 rings (SSSR count). The van der Waals surface area contributed by atoms with Crippen molar-refractivity contribution < 1.29 is 64.6 Å². The third-order valence-electron chi connectivity index (χ3n) is 11.6. The summed E-state index contributed by atoms with van der Waals surface area (Å²) in [6.45, 7) is 2.54. The molecular formula is C51H87NO13. The minimum absolute atomic E-state index is 0.262. The second-order valence-electron chi connectivity index (χ2n) is 17.2. The molecule has 374 valence electrons. The minimum Gasteiger partial charge on any atom is -0.394 e. The molecule has 0 radical (unpaired) electrons. The van der Waals surface area contributed by atoms with Gasteiger partial charge in [0.1, 0.15) is 48.8 Å². The molecule has 14 nitrogen and oxygen atoms in total. The van der Waals surface area contributed by atoms with Gasteiger partial charge in [-0.15, -0.1) is 0 Å². The second kappa shape index (κ2) is 37.4. The number of aliphatic hydroxyl groups is 8. The van der Waals surface area contributed by atoms with Crippen LogP contribution in [0.2, 0.25) is 0 Å². The topological polar surface area (TPSA) is 228 Å². The maximum absolute atomic E-state index is 13.1. The van der Waals surface area contributed by atoms with E-state index in [-0.39, 0.29) is 18.9 Å². The maximum atomic E-state index is 13.1. The van der Waals surface area contributed by atoms with Crippen LogP contribution in [0.4, 0.5) is 0 Å². The zero-order chi connectivity index (χ0) is 47.5. The van der Waals surface area contributed by atoms with E-state index in [9.17, 15) is 45.6 Å². The molecule has 1 amide bonds. The number of carbonyl (C=O) groups excluding carboxylic acids is 1. The van der Waals surface area contributed by atoms with Gasteiger partial charge in [-0.1, -0.05) is 151 Å². The van der Waals surface area contributed by atoms with E-state index in [0.717, 1.165) is 77.0 Å². The predicted molar refractivity (Wildman–Crippen MR) is 253 cm³/mol. The number of nitrogens with one attached hydrogen (secondary N) is 1. The summed E-state index contributed by atoms with van der Waals surface area (Å²) in [4.78, 5) is 13.1. The SMILES string of the molecule is CC/C=C\C/C=C\C/C=C\C/C=C\CCCCCCCCCCCCC(=O)NC(COC1OC(CO)C(OC2OC(CO)C(O)C(O)C2O)C(O)C1O)C(O)/C=C/CC/C=C/CCCC. The molecule has 0 aromatic rings. The van der Waals surface area contributed by atoms with E-state index in [1.54, 1.807) is 6.08 Å². The molecule has 12 atom stereocenters. The van der Waals surface area contributed by atoms with Gasteiger partial charge in [-0.3, -0.25) is 4.79 Å². The summed E-state index contributed by atoms with van der Waals surface area (Å²) in [5, 5.41) is 86.4. The predicted octanol–water partition coefficient (Wildman–Crippen LogP) is 6.04. The number of hydrogen-bond donors (Lipinski definition) is 9. The Morgan fingerprint density at radius 1 is 0.569 bits per heavy atom. The maximum Gasteiger partial charge on any atom is 0.220 e. The van der Waals surface area contributed by atoms with Gasteiger partial charge in [0, 0.05) is 6.42 Å².